The van der Waals surface area contributed by atoms with Crippen LogP contribution in [0, 0.1) is 5.82 Å². The maximum Gasteiger partial charge on any atom is 0.255 e. The summed E-state index contributed by atoms with van der Waals surface area (Å²) < 4.78 is 36.4. The van der Waals surface area contributed by atoms with E-state index in [0.29, 0.717) is 24.2 Å². The second kappa shape index (κ2) is 7.45. The van der Waals surface area contributed by atoms with Gasteiger partial charge in [-0.05, 0) is 61.9 Å². The Balaban J connectivity index is 1.69. The second-order valence-corrected chi connectivity index (χ2v) is 8.58. The summed E-state index contributed by atoms with van der Waals surface area (Å²) >= 11 is 0. The van der Waals surface area contributed by atoms with Crippen LogP contribution in [0.2, 0.25) is 0 Å². The van der Waals surface area contributed by atoms with Gasteiger partial charge in [-0.2, -0.15) is 0 Å². The zero-order valence-electron chi connectivity index (χ0n) is 14.5. The fourth-order valence-corrected chi connectivity index (χ4v) is 4.94. The van der Waals surface area contributed by atoms with Gasteiger partial charge in [-0.15, -0.1) is 0 Å². The summed E-state index contributed by atoms with van der Waals surface area (Å²) in [4.78, 5) is 14.2. The van der Waals surface area contributed by atoms with Crippen molar-refractivity contribution in [2.75, 3.05) is 28.3 Å². The lowest BCUT2D eigenvalue weighted by molar-refractivity contribution is 0.102. The summed E-state index contributed by atoms with van der Waals surface area (Å²) in [6.07, 6.45) is 0.638. The molecule has 1 saturated heterocycles. The van der Waals surface area contributed by atoms with Crippen LogP contribution in [-0.4, -0.2) is 38.4 Å². The second-order valence-electron chi connectivity index (χ2n) is 6.35. The number of nitrogens with zero attached hydrogens (tertiary/aromatic N) is 1. The minimum atomic E-state index is -2.94. The Bertz CT molecular complexity index is 880. The predicted octanol–water partition coefficient (Wildman–Crippen LogP) is 3.09. The molecule has 2 aromatic carbocycles. The molecule has 7 heteroatoms. The monoisotopic (exact) mass is 376 g/mol. The van der Waals surface area contributed by atoms with Gasteiger partial charge >= 0.3 is 0 Å². The van der Waals surface area contributed by atoms with Crippen molar-refractivity contribution < 1.29 is 17.6 Å². The van der Waals surface area contributed by atoms with E-state index in [9.17, 15) is 17.6 Å². The van der Waals surface area contributed by atoms with Crippen molar-refractivity contribution >= 4 is 27.1 Å². The molecule has 0 spiro atoms. The normalized spacial score (nSPS) is 18.5. The molecule has 1 unspecified atom stereocenters. The van der Waals surface area contributed by atoms with Gasteiger partial charge in [0.15, 0.2) is 9.84 Å². The van der Waals surface area contributed by atoms with Crippen molar-refractivity contribution in [3.63, 3.8) is 0 Å². The van der Waals surface area contributed by atoms with Gasteiger partial charge in [-0.3, -0.25) is 4.79 Å². The molecular formula is C19H21FN2O3S. The number of hydrogen-bond donors (Lipinski definition) is 1. The summed E-state index contributed by atoms with van der Waals surface area (Å²) in [5, 5.41) is 2.77. The average Bonchev–Trinajstić information content (AvgIpc) is 2.97. The van der Waals surface area contributed by atoms with Crippen molar-refractivity contribution in [1.29, 1.82) is 0 Å². The van der Waals surface area contributed by atoms with Crippen LogP contribution < -0.4 is 10.2 Å². The van der Waals surface area contributed by atoms with E-state index in [1.54, 1.807) is 12.1 Å². The Morgan fingerprint density at radius 1 is 1.15 bits per heavy atom. The summed E-state index contributed by atoms with van der Waals surface area (Å²) in [6, 6.07) is 12.6. The third-order valence-corrected chi connectivity index (χ3v) is 6.30. The van der Waals surface area contributed by atoms with Crippen molar-refractivity contribution in [2.24, 2.45) is 0 Å². The van der Waals surface area contributed by atoms with Gasteiger partial charge in [0, 0.05) is 29.5 Å². The van der Waals surface area contributed by atoms with Crippen LogP contribution in [0.5, 0.6) is 0 Å². The smallest absolute Gasteiger partial charge is 0.255 e. The number of carbonyl (C=O) groups excluding carboxylic acids is 1. The van der Waals surface area contributed by atoms with E-state index in [-0.39, 0.29) is 29.3 Å². The Kier molecular flexibility index (Phi) is 5.27. The van der Waals surface area contributed by atoms with Crippen LogP contribution in [-0.2, 0) is 9.84 Å². The van der Waals surface area contributed by atoms with Crippen molar-refractivity contribution in [1.82, 2.24) is 0 Å². The molecule has 3 rings (SSSR count). The zero-order chi connectivity index (χ0) is 18.7. The van der Waals surface area contributed by atoms with Gasteiger partial charge in [0.05, 0.1) is 11.5 Å². The van der Waals surface area contributed by atoms with Gasteiger partial charge in [0.25, 0.3) is 5.91 Å². The number of benzene rings is 2. The standard InChI is InChI=1S/C19H21FN2O3S/c1-2-22(18-11-12-26(24,25)13-18)17-9-7-16(8-10-17)21-19(23)14-3-5-15(20)6-4-14/h3-10,18H,2,11-13H2,1H3,(H,21,23). The number of amides is 1. The lowest BCUT2D eigenvalue weighted by Crippen LogP contribution is -2.36. The zero-order valence-corrected chi connectivity index (χ0v) is 15.3. The summed E-state index contributed by atoms with van der Waals surface area (Å²) in [7, 11) is -2.94. The number of hydrogen-bond acceptors (Lipinski definition) is 4. The molecule has 1 heterocycles. The van der Waals surface area contributed by atoms with Crippen LogP contribution in [0.25, 0.3) is 0 Å². The molecule has 1 atom stereocenters. The van der Waals surface area contributed by atoms with E-state index < -0.39 is 9.84 Å². The van der Waals surface area contributed by atoms with E-state index in [4.69, 9.17) is 0 Å². The number of anilines is 2. The molecule has 5 nitrogen and oxygen atoms in total. The largest absolute Gasteiger partial charge is 0.368 e. The number of sulfone groups is 1. The van der Waals surface area contributed by atoms with Gasteiger partial charge < -0.3 is 10.2 Å². The topological polar surface area (TPSA) is 66.5 Å². The molecule has 1 aliphatic heterocycles. The molecule has 1 fully saturated rings. The highest BCUT2D eigenvalue weighted by molar-refractivity contribution is 7.91. The molecule has 0 aliphatic carbocycles. The van der Waals surface area contributed by atoms with Crippen LogP contribution in [0.15, 0.2) is 48.5 Å². The van der Waals surface area contributed by atoms with Crippen molar-refractivity contribution in [3.8, 4) is 0 Å². The van der Waals surface area contributed by atoms with E-state index >= 15 is 0 Å². The first-order valence-electron chi connectivity index (χ1n) is 8.52. The summed E-state index contributed by atoms with van der Waals surface area (Å²) in [5.74, 6) is -0.282. The van der Waals surface area contributed by atoms with Crippen LogP contribution in [0.1, 0.15) is 23.7 Å². The fourth-order valence-electron chi connectivity index (χ4n) is 3.21. The number of carbonyl (C=O) groups is 1. The van der Waals surface area contributed by atoms with E-state index in [1.807, 2.05) is 19.1 Å². The highest BCUT2D eigenvalue weighted by atomic mass is 32.2. The third kappa shape index (κ3) is 4.22. The average molecular weight is 376 g/mol. The third-order valence-electron chi connectivity index (χ3n) is 4.55. The van der Waals surface area contributed by atoms with Crippen LogP contribution in [0.3, 0.4) is 0 Å². The predicted molar refractivity (Wildman–Crippen MR) is 101 cm³/mol. The molecule has 0 aromatic heterocycles. The molecular weight excluding hydrogens is 355 g/mol. The molecule has 1 aliphatic rings. The molecule has 1 amide bonds. The molecule has 1 N–H and O–H groups in total. The molecule has 26 heavy (non-hydrogen) atoms. The van der Waals surface area contributed by atoms with Crippen LogP contribution in [0.4, 0.5) is 15.8 Å². The first-order valence-corrected chi connectivity index (χ1v) is 10.3. The first kappa shape index (κ1) is 18.4. The lowest BCUT2D eigenvalue weighted by atomic mass is 10.1. The number of nitrogens with one attached hydrogen (secondary N) is 1. The van der Waals surface area contributed by atoms with Crippen LogP contribution >= 0.6 is 0 Å². The molecule has 2 aromatic rings. The number of rotatable bonds is 5. The molecule has 0 bridgehead atoms. The summed E-state index contributed by atoms with van der Waals surface area (Å²) in [5.41, 5.74) is 1.93. The van der Waals surface area contributed by atoms with Gasteiger partial charge in [-0.25, -0.2) is 12.8 Å². The number of halogens is 1. The fraction of sp³-hybridized carbons (Fsp3) is 0.316. The van der Waals surface area contributed by atoms with Crippen molar-refractivity contribution in [3.05, 3.63) is 59.9 Å². The van der Waals surface area contributed by atoms with Crippen molar-refractivity contribution in [2.45, 2.75) is 19.4 Å². The Morgan fingerprint density at radius 2 is 1.81 bits per heavy atom. The Hall–Kier alpha value is -2.41. The summed E-state index contributed by atoms with van der Waals surface area (Å²) in [6.45, 7) is 2.70. The minimum absolute atomic E-state index is 0.00958. The molecule has 138 valence electrons. The maximum absolute atomic E-state index is 12.9. The Labute approximate surface area is 152 Å². The van der Waals surface area contributed by atoms with E-state index in [2.05, 4.69) is 10.2 Å². The highest BCUT2D eigenvalue weighted by Gasteiger charge is 2.31. The first-order chi connectivity index (χ1) is 12.4. The van der Waals surface area contributed by atoms with Gasteiger partial charge in [-0.1, -0.05) is 0 Å². The molecule has 0 radical (unpaired) electrons. The molecule has 0 saturated carbocycles. The van der Waals surface area contributed by atoms with Gasteiger partial charge in [0.2, 0.25) is 0 Å². The minimum Gasteiger partial charge on any atom is -0.368 e. The highest BCUT2D eigenvalue weighted by Crippen LogP contribution is 2.25. The van der Waals surface area contributed by atoms with Gasteiger partial charge in [0.1, 0.15) is 5.82 Å². The SMILES string of the molecule is CCN(c1ccc(NC(=O)c2ccc(F)cc2)cc1)C1CCS(=O)(=O)C1. The van der Waals surface area contributed by atoms with E-state index in [0.717, 1.165) is 5.69 Å². The lowest BCUT2D eigenvalue weighted by Gasteiger charge is -2.29. The Morgan fingerprint density at radius 3 is 2.35 bits per heavy atom. The maximum atomic E-state index is 12.9. The quantitative estimate of drug-likeness (QED) is 0.871. The van der Waals surface area contributed by atoms with E-state index in [1.165, 1.54) is 24.3 Å².